The summed E-state index contributed by atoms with van der Waals surface area (Å²) < 4.78 is 10.7. The molecule has 104 valence electrons. The number of rotatable bonds is 5. The highest BCUT2D eigenvalue weighted by molar-refractivity contribution is 5.94. The Hall–Kier alpha value is -1.66. The number of amides is 1. The van der Waals surface area contributed by atoms with Crippen molar-refractivity contribution in [3.05, 3.63) is 23.9 Å². The minimum Gasteiger partial charge on any atom is -0.376 e. The summed E-state index contributed by atoms with van der Waals surface area (Å²) in [6.45, 7) is 4.98. The van der Waals surface area contributed by atoms with Crippen LogP contribution in [0.2, 0.25) is 0 Å². The summed E-state index contributed by atoms with van der Waals surface area (Å²) >= 11 is 0. The molecule has 1 aliphatic heterocycles. The standard InChI is InChI=1S/C13H19N3O3/c1-2-14-12-4-3-10(7-15-12)13(17)16-8-11-9-18-5-6-19-11/h3-4,7,11H,2,5-6,8-9H2,1H3,(H,14,15)(H,16,17). The average Bonchev–Trinajstić information content (AvgIpc) is 2.47. The van der Waals surface area contributed by atoms with Crippen molar-refractivity contribution >= 4 is 11.7 Å². The summed E-state index contributed by atoms with van der Waals surface area (Å²) in [5.74, 6) is 0.618. The summed E-state index contributed by atoms with van der Waals surface area (Å²) in [5.41, 5.74) is 0.540. The predicted octanol–water partition coefficient (Wildman–Crippen LogP) is 0.659. The van der Waals surface area contributed by atoms with Crippen LogP contribution in [0, 0.1) is 0 Å². The molecule has 2 rings (SSSR count). The normalized spacial score (nSPS) is 18.9. The fourth-order valence-corrected chi connectivity index (χ4v) is 1.78. The first-order chi connectivity index (χ1) is 9.29. The number of carbonyl (C=O) groups excluding carboxylic acids is 1. The first-order valence-corrected chi connectivity index (χ1v) is 6.47. The van der Waals surface area contributed by atoms with Crippen molar-refractivity contribution in [3.8, 4) is 0 Å². The minimum absolute atomic E-state index is 0.0632. The van der Waals surface area contributed by atoms with E-state index in [0.29, 0.717) is 31.9 Å². The highest BCUT2D eigenvalue weighted by Crippen LogP contribution is 2.05. The molecule has 2 N–H and O–H groups in total. The largest absolute Gasteiger partial charge is 0.376 e. The first kappa shape index (κ1) is 13.8. The Balaban J connectivity index is 1.81. The number of ether oxygens (including phenoxy) is 2. The predicted molar refractivity (Wildman–Crippen MR) is 71.3 cm³/mol. The summed E-state index contributed by atoms with van der Waals surface area (Å²) in [6, 6.07) is 3.54. The van der Waals surface area contributed by atoms with Crippen molar-refractivity contribution in [1.29, 1.82) is 0 Å². The number of anilines is 1. The Labute approximate surface area is 112 Å². The molecule has 0 bridgehead atoms. The van der Waals surface area contributed by atoms with Gasteiger partial charge in [-0.2, -0.15) is 0 Å². The number of carbonyl (C=O) groups is 1. The third-order valence-electron chi connectivity index (χ3n) is 2.76. The number of nitrogens with one attached hydrogen (secondary N) is 2. The van der Waals surface area contributed by atoms with Gasteiger partial charge in [-0.25, -0.2) is 4.98 Å². The Morgan fingerprint density at radius 3 is 3.00 bits per heavy atom. The lowest BCUT2D eigenvalue weighted by Crippen LogP contribution is -2.39. The first-order valence-electron chi connectivity index (χ1n) is 6.47. The molecule has 0 saturated carbocycles. The van der Waals surface area contributed by atoms with Crippen LogP contribution in [0.25, 0.3) is 0 Å². The monoisotopic (exact) mass is 265 g/mol. The van der Waals surface area contributed by atoms with Crippen molar-refractivity contribution in [1.82, 2.24) is 10.3 Å². The Bertz CT molecular complexity index is 402. The van der Waals surface area contributed by atoms with E-state index in [1.165, 1.54) is 0 Å². The number of hydrogen-bond acceptors (Lipinski definition) is 5. The van der Waals surface area contributed by atoms with Crippen LogP contribution in [0.15, 0.2) is 18.3 Å². The fourth-order valence-electron chi connectivity index (χ4n) is 1.78. The van der Waals surface area contributed by atoms with Crippen LogP contribution >= 0.6 is 0 Å². The van der Waals surface area contributed by atoms with Gasteiger partial charge in [0.15, 0.2) is 0 Å². The molecule has 1 amide bonds. The molecule has 19 heavy (non-hydrogen) atoms. The molecule has 1 saturated heterocycles. The second kappa shape index (κ2) is 7.06. The summed E-state index contributed by atoms with van der Waals surface area (Å²) in [4.78, 5) is 16.0. The maximum atomic E-state index is 11.9. The second-order valence-corrected chi connectivity index (χ2v) is 4.24. The summed E-state index contributed by atoms with van der Waals surface area (Å²) in [5, 5.41) is 5.89. The Morgan fingerprint density at radius 2 is 2.37 bits per heavy atom. The molecule has 0 aliphatic carbocycles. The number of nitrogens with zero attached hydrogens (tertiary/aromatic N) is 1. The molecule has 1 aliphatic rings. The van der Waals surface area contributed by atoms with Gasteiger partial charge in [0.05, 0.1) is 31.5 Å². The topological polar surface area (TPSA) is 72.5 Å². The maximum Gasteiger partial charge on any atom is 0.252 e. The van der Waals surface area contributed by atoms with Gasteiger partial charge >= 0.3 is 0 Å². The van der Waals surface area contributed by atoms with Gasteiger partial charge in [-0.15, -0.1) is 0 Å². The SMILES string of the molecule is CCNc1ccc(C(=O)NCC2COCCO2)cn1. The van der Waals surface area contributed by atoms with E-state index in [4.69, 9.17) is 9.47 Å². The molecule has 6 nitrogen and oxygen atoms in total. The molecule has 1 fully saturated rings. The van der Waals surface area contributed by atoms with E-state index < -0.39 is 0 Å². The van der Waals surface area contributed by atoms with E-state index in [0.717, 1.165) is 12.4 Å². The van der Waals surface area contributed by atoms with E-state index in [9.17, 15) is 4.79 Å². The van der Waals surface area contributed by atoms with Crippen molar-refractivity contribution in [3.63, 3.8) is 0 Å². The highest BCUT2D eigenvalue weighted by Gasteiger charge is 2.15. The molecule has 1 aromatic heterocycles. The van der Waals surface area contributed by atoms with Crippen molar-refractivity contribution in [2.45, 2.75) is 13.0 Å². The van der Waals surface area contributed by atoms with Crippen LogP contribution in [0.5, 0.6) is 0 Å². The molecule has 1 aromatic rings. The third-order valence-corrected chi connectivity index (χ3v) is 2.76. The molecule has 1 atom stereocenters. The molecule has 6 heteroatoms. The van der Waals surface area contributed by atoms with Gasteiger partial charge in [-0.1, -0.05) is 0 Å². The number of pyridine rings is 1. The zero-order valence-corrected chi connectivity index (χ0v) is 11.0. The lowest BCUT2D eigenvalue weighted by atomic mass is 10.2. The van der Waals surface area contributed by atoms with Gasteiger partial charge in [0.1, 0.15) is 5.82 Å². The molecule has 2 heterocycles. The quantitative estimate of drug-likeness (QED) is 0.818. The molecule has 0 aromatic carbocycles. The maximum absolute atomic E-state index is 11.9. The zero-order chi connectivity index (χ0) is 13.5. The zero-order valence-electron chi connectivity index (χ0n) is 11.0. The van der Waals surface area contributed by atoms with Crippen LogP contribution in [-0.4, -0.2) is 49.9 Å². The van der Waals surface area contributed by atoms with E-state index in [2.05, 4.69) is 15.6 Å². The van der Waals surface area contributed by atoms with Crippen LogP contribution < -0.4 is 10.6 Å². The van der Waals surface area contributed by atoms with Gasteiger partial charge in [0, 0.05) is 19.3 Å². The lowest BCUT2D eigenvalue weighted by Gasteiger charge is -2.23. The van der Waals surface area contributed by atoms with Crippen molar-refractivity contribution in [2.75, 3.05) is 38.2 Å². The lowest BCUT2D eigenvalue weighted by molar-refractivity contribution is -0.0855. The van der Waals surface area contributed by atoms with Gasteiger partial charge in [0.25, 0.3) is 5.91 Å². The molecular weight excluding hydrogens is 246 g/mol. The van der Waals surface area contributed by atoms with Gasteiger partial charge in [-0.05, 0) is 19.1 Å². The molecule has 1 unspecified atom stereocenters. The molecule has 0 radical (unpaired) electrons. The highest BCUT2D eigenvalue weighted by atomic mass is 16.6. The summed E-state index contributed by atoms with van der Waals surface area (Å²) in [7, 11) is 0. The van der Waals surface area contributed by atoms with E-state index in [1.54, 1.807) is 18.3 Å². The summed E-state index contributed by atoms with van der Waals surface area (Å²) in [6.07, 6.45) is 1.50. The van der Waals surface area contributed by atoms with Gasteiger partial charge in [0.2, 0.25) is 0 Å². The molecular formula is C13H19N3O3. The fraction of sp³-hybridized carbons (Fsp3) is 0.538. The Kier molecular flexibility index (Phi) is 5.11. The van der Waals surface area contributed by atoms with Crippen LogP contribution in [0.1, 0.15) is 17.3 Å². The van der Waals surface area contributed by atoms with Crippen LogP contribution in [-0.2, 0) is 9.47 Å². The average molecular weight is 265 g/mol. The number of hydrogen-bond donors (Lipinski definition) is 2. The van der Waals surface area contributed by atoms with Gasteiger partial charge < -0.3 is 20.1 Å². The van der Waals surface area contributed by atoms with E-state index in [-0.39, 0.29) is 12.0 Å². The van der Waals surface area contributed by atoms with Crippen molar-refractivity contribution < 1.29 is 14.3 Å². The van der Waals surface area contributed by atoms with E-state index >= 15 is 0 Å². The van der Waals surface area contributed by atoms with E-state index in [1.807, 2.05) is 6.92 Å². The van der Waals surface area contributed by atoms with Crippen LogP contribution in [0.3, 0.4) is 0 Å². The van der Waals surface area contributed by atoms with Crippen LogP contribution in [0.4, 0.5) is 5.82 Å². The third kappa shape index (κ3) is 4.18. The minimum atomic E-state index is -0.148. The Morgan fingerprint density at radius 1 is 1.47 bits per heavy atom. The second-order valence-electron chi connectivity index (χ2n) is 4.24. The van der Waals surface area contributed by atoms with Gasteiger partial charge in [-0.3, -0.25) is 4.79 Å². The smallest absolute Gasteiger partial charge is 0.252 e. The molecule has 0 spiro atoms. The van der Waals surface area contributed by atoms with Crippen molar-refractivity contribution in [2.24, 2.45) is 0 Å². The number of aromatic nitrogens is 1.